The topological polar surface area (TPSA) is 59.0 Å². The molecular formula is C14H19NO4. The number of carboxylic acids is 1. The van der Waals surface area contributed by atoms with E-state index in [1.165, 1.54) is 12.8 Å². The molecule has 1 aromatic rings. The van der Waals surface area contributed by atoms with Gasteiger partial charge in [-0.05, 0) is 37.1 Å². The van der Waals surface area contributed by atoms with Crippen molar-refractivity contribution in [3.05, 3.63) is 24.3 Å². The molecule has 2 rings (SSSR count). The van der Waals surface area contributed by atoms with E-state index in [9.17, 15) is 4.79 Å². The van der Waals surface area contributed by atoms with Gasteiger partial charge in [-0.15, -0.1) is 0 Å². The molecule has 5 heteroatoms. The second-order valence-corrected chi connectivity index (χ2v) is 4.67. The van der Waals surface area contributed by atoms with Crippen molar-refractivity contribution in [2.75, 3.05) is 31.7 Å². The number of hydrogen-bond donors (Lipinski definition) is 1. The van der Waals surface area contributed by atoms with Gasteiger partial charge in [-0.2, -0.15) is 0 Å². The molecule has 0 spiro atoms. The van der Waals surface area contributed by atoms with Crippen LogP contribution >= 0.6 is 0 Å². The average Bonchev–Trinajstić information content (AvgIpc) is 3.21. The summed E-state index contributed by atoms with van der Waals surface area (Å²) in [6.07, 6.45) is 2.87. The predicted molar refractivity (Wildman–Crippen MR) is 71.8 cm³/mol. The highest BCUT2D eigenvalue weighted by molar-refractivity contribution is 5.68. The minimum atomic E-state index is -0.974. The number of hydrogen-bond acceptors (Lipinski definition) is 4. The van der Waals surface area contributed by atoms with E-state index in [4.69, 9.17) is 14.6 Å². The number of benzene rings is 1. The van der Waals surface area contributed by atoms with Crippen LogP contribution in [-0.4, -0.2) is 44.0 Å². The van der Waals surface area contributed by atoms with E-state index < -0.39 is 5.97 Å². The van der Waals surface area contributed by atoms with Gasteiger partial charge in [-0.25, -0.2) is 4.79 Å². The maximum absolute atomic E-state index is 10.4. The van der Waals surface area contributed by atoms with Crippen molar-refractivity contribution >= 4 is 11.7 Å². The van der Waals surface area contributed by atoms with E-state index in [1.807, 2.05) is 19.2 Å². The molecule has 5 nitrogen and oxygen atoms in total. The summed E-state index contributed by atoms with van der Waals surface area (Å²) in [5, 5.41) is 8.52. The van der Waals surface area contributed by atoms with Crippen LogP contribution in [0.3, 0.4) is 0 Å². The summed E-state index contributed by atoms with van der Waals surface area (Å²) in [6, 6.07) is 7.37. The Balaban J connectivity index is 1.77. The molecule has 1 aliphatic rings. The van der Waals surface area contributed by atoms with Crippen LogP contribution in [0.4, 0.5) is 5.69 Å². The molecule has 0 saturated heterocycles. The molecular weight excluding hydrogens is 246 g/mol. The number of anilines is 1. The van der Waals surface area contributed by atoms with Crippen LogP contribution in [0.5, 0.6) is 5.75 Å². The molecule has 19 heavy (non-hydrogen) atoms. The van der Waals surface area contributed by atoms with Crippen LogP contribution in [0.2, 0.25) is 0 Å². The molecule has 0 bridgehead atoms. The molecule has 104 valence electrons. The number of ether oxygens (including phenoxy) is 2. The number of rotatable bonds is 8. The van der Waals surface area contributed by atoms with Crippen molar-refractivity contribution in [3.63, 3.8) is 0 Å². The van der Waals surface area contributed by atoms with Gasteiger partial charge in [0.2, 0.25) is 0 Å². The molecule has 0 unspecified atom stereocenters. The summed E-state index contributed by atoms with van der Waals surface area (Å²) in [6.45, 7) is 1.26. The number of carbonyl (C=O) groups is 1. The summed E-state index contributed by atoms with van der Waals surface area (Å²) in [4.78, 5) is 12.5. The Morgan fingerprint density at radius 1 is 1.37 bits per heavy atom. The largest absolute Gasteiger partial charge is 0.482 e. The lowest BCUT2D eigenvalue weighted by atomic mass is 10.3. The number of aliphatic carboxylic acids is 1. The van der Waals surface area contributed by atoms with Crippen molar-refractivity contribution in [1.82, 2.24) is 0 Å². The minimum absolute atomic E-state index is 0.315. The van der Waals surface area contributed by atoms with Gasteiger partial charge in [0.05, 0.1) is 12.7 Å². The third-order valence-corrected chi connectivity index (χ3v) is 2.94. The van der Waals surface area contributed by atoms with Crippen LogP contribution in [-0.2, 0) is 9.53 Å². The first-order valence-electron chi connectivity index (χ1n) is 6.42. The Kier molecular flexibility index (Phi) is 4.63. The smallest absolute Gasteiger partial charge is 0.341 e. The summed E-state index contributed by atoms with van der Waals surface area (Å²) < 4.78 is 10.7. The van der Waals surface area contributed by atoms with Gasteiger partial charge >= 0.3 is 5.97 Å². The standard InChI is InChI=1S/C14H19NO4/c1-15(8-9-18-12-6-7-12)11-2-4-13(5-3-11)19-10-14(16)17/h2-5,12H,6-10H2,1H3,(H,16,17). The summed E-state index contributed by atoms with van der Waals surface area (Å²) in [5.41, 5.74) is 1.06. The summed E-state index contributed by atoms with van der Waals surface area (Å²) in [7, 11) is 2.00. The van der Waals surface area contributed by atoms with Crippen LogP contribution in [0.1, 0.15) is 12.8 Å². The van der Waals surface area contributed by atoms with Crippen molar-refractivity contribution in [3.8, 4) is 5.75 Å². The lowest BCUT2D eigenvalue weighted by molar-refractivity contribution is -0.139. The van der Waals surface area contributed by atoms with E-state index in [0.29, 0.717) is 11.9 Å². The van der Waals surface area contributed by atoms with E-state index in [1.54, 1.807) is 12.1 Å². The van der Waals surface area contributed by atoms with Gasteiger partial charge in [-0.1, -0.05) is 0 Å². The first kappa shape index (κ1) is 13.7. The average molecular weight is 265 g/mol. The maximum atomic E-state index is 10.4. The van der Waals surface area contributed by atoms with Crippen molar-refractivity contribution in [1.29, 1.82) is 0 Å². The fourth-order valence-electron chi connectivity index (χ4n) is 1.66. The Hall–Kier alpha value is -1.75. The Bertz CT molecular complexity index is 414. The summed E-state index contributed by atoms with van der Waals surface area (Å²) in [5.74, 6) is -0.410. The molecule has 0 amide bonds. The molecule has 1 aliphatic carbocycles. The Morgan fingerprint density at radius 2 is 2.05 bits per heavy atom. The van der Waals surface area contributed by atoms with Gasteiger partial charge in [-0.3, -0.25) is 0 Å². The zero-order valence-electron chi connectivity index (χ0n) is 11.0. The quantitative estimate of drug-likeness (QED) is 0.776. The molecule has 1 aromatic carbocycles. The van der Waals surface area contributed by atoms with E-state index in [0.717, 1.165) is 18.8 Å². The molecule has 0 heterocycles. The molecule has 1 saturated carbocycles. The van der Waals surface area contributed by atoms with Crippen LogP contribution < -0.4 is 9.64 Å². The van der Waals surface area contributed by atoms with Crippen molar-refractivity contribution < 1.29 is 19.4 Å². The Morgan fingerprint density at radius 3 is 2.63 bits per heavy atom. The lowest BCUT2D eigenvalue weighted by Gasteiger charge is -2.19. The van der Waals surface area contributed by atoms with Crippen LogP contribution in [0, 0.1) is 0 Å². The third-order valence-electron chi connectivity index (χ3n) is 2.94. The van der Waals surface area contributed by atoms with Crippen molar-refractivity contribution in [2.45, 2.75) is 18.9 Å². The maximum Gasteiger partial charge on any atom is 0.341 e. The monoisotopic (exact) mass is 265 g/mol. The molecule has 1 N–H and O–H groups in total. The molecule has 1 fully saturated rings. The van der Waals surface area contributed by atoms with E-state index in [-0.39, 0.29) is 6.61 Å². The first-order chi connectivity index (χ1) is 9.15. The predicted octanol–water partition coefficient (Wildman–Crippen LogP) is 1.77. The molecule has 0 aliphatic heterocycles. The first-order valence-corrected chi connectivity index (χ1v) is 6.42. The highest BCUT2D eigenvalue weighted by Gasteiger charge is 2.21. The second kappa shape index (κ2) is 6.43. The molecule has 0 aromatic heterocycles. The number of carboxylic acid groups (broad SMARTS) is 1. The van der Waals surface area contributed by atoms with Crippen LogP contribution in [0.15, 0.2) is 24.3 Å². The molecule has 0 radical (unpaired) electrons. The normalized spacial score (nSPS) is 14.2. The van der Waals surface area contributed by atoms with Gasteiger partial charge in [0.15, 0.2) is 6.61 Å². The molecule has 0 atom stereocenters. The zero-order chi connectivity index (χ0) is 13.7. The highest BCUT2D eigenvalue weighted by Crippen LogP contribution is 2.23. The highest BCUT2D eigenvalue weighted by atomic mass is 16.5. The number of likely N-dealkylation sites (N-methyl/N-ethyl adjacent to an activating group) is 1. The van der Waals surface area contributed by atoms with Gasteiger partial charge in [0.25, 0.3) is 0 Å². The van der Waals surface area contributed by atoms with Gasteiger partial charge in [0, 0.05) is 19.3 Å². The van der Waals surface area contributed by atoms with E-state index in [2.05, 4.69) is 4.90 Å². The minimum Gasteiger partial charge on any atom is -0.482 e. The van der Waals surface area contributed by atoms with Crippen LogP contribution in [0.25, 0.3) is 0 Å². The number of nitrogens with zero attached hydrogens (tertiary/aromatic N) is 1. The third kappa shape index (κ3) is 4.79. The lowest BCUT2D eigenvalue weighted by Crippen LogP contribution is -2.22. The SMILES string of the molecule is CN(CCOC1CC1)c1ccc(OCC(=O)O)cc1. The fraction of sp³-hybridized carbons (Fsp3) is 0.500. The van der Waals surface area contributed by atoms with Crippen molar-refractivity contribution in [2.24, 2.45) is 0 Å². The fourth-order valence-corrected chi connectivity index (χ4v) is 1.66. The summed E-state index contributed by atoms with van der Waals surface area (Å²) >= 11 is 0. The second-order valence-electron chi connectivity index (χ2n) is 4.67. The zero-order valence-corrected chi connectivity index (χ0v) is 11.0. The van der Waals surface area contributed by atoms with Gasteiger partial charge in [0.1, 0.15) is 5.75 Å². The Labute approximate surface area is 112 Å². The van der Waals surface area contributed by atoms with Gasteiger partial charge < -0.3 is 19.5 Å². The van der Waals surface area contributed by atoms with E-state index >= 15 is 0 Å².